The fourth-order valence-corrected chi connectivity index (χ4v) is 4.68. The summed E-state index contributed by atoms with van der Waals surface area (Å²) in [6, 6.07) is 5.79. The maximum Gasteiger partial charge on any atom is 0.273 e. The molecule has 1 aromatic carbocycles. The number of thioether (sulfide) groups is 1. The number of carbonyl (C=O) groups excluding carboxylic acids is 2. The molecule has 11 heteroatoms. The van der Waals surface area contributed by atoms with Crippen LogP contribution in [0.4, 0.5) is 5.69 Å². The molecule has 1 aliphatic rings. The molecule has 174 valence electrons. The van der Waals surface area contributed by atoms with E-state index in [-0.39, 0.29) is 17.5 Å². The van der Waals surface area contributed by atoms with E-state index in [1.807, 2.05) is 0 Å². The molecule has 0 radical (unpaired) electrons. The Morgan fingerprint density at radius 1 is 1.35 bits per heavy atom. The minimum atomic E-state index is -0.703. The molecule has 0 heterocycles. The van der Waals surface area contributed by atoms with E-state index in [2.05, 4.69) is 25.3 Å². The molecule has 0 saturated heterocycles. The minimum absolute atomic E-state index is 0.00272. The van der Waals surface area contributed by atoms with Crippen molar-refractivity contribution in [3.63, 3.8) is 0 Å². The van der Waals surface area contributed by atoms with Gasteiger partial charge in [0.25, 0.3) is 5.69 Å². The largest absolute Gasteiger partial charge is 0.368 e. The van der Waals surface area contributed by atoms with Gasteiger partial charge in [-0.05, 0) is 25.0 Å². The number of nitrogens with two attached hydrogens (primary N) is 2. The highest BCUT2D eigenvalue weighted by atomic mass is 32.2. The number of carbonyl (C=O) groups is 2. The van der Waals surface area contributed by atoms with Crippen LogP contribution in [0.2, 0.25) is 0 Å². The van der Waals surface area contributed by atoms with Crippen LogP contribution in [0, 0.1) is 16.0 Å². The molecular weight excluding hydrogens is 456 g/mol. The number of likely N-dealkylation sites (N-methyl/N-ethyl adjacent to an activating group) is 1. The zero-order chi connectivity index (χ0) is 23.4. The number of thiol groups is 2. The average molecular weight is 489 g/mol. The van der Waals surface area contributed by atoms with Crippen LogP contribution < -0.4 is 11.5 Å². The number of hydrogen-bond donors (Lipinski definition) is 4. The first-order valence-electron chi connectivity index (χ1n) is 10.1. The highest BCUT2D eigenvalue weighted by Crippen LogP contribution is 2.29. The molecular formula is C20H32N4O4S3. The number of rotatable bonds is 11. The second-order valence-electron chi connectivity index (χ2n) is 7.30. The molecule has 1 saturated carbocycles. The Balaban J connectivity index is 0.000000592. The van der Waals surface area contributed by atoms with Gasteiger partial charge in [0.15, 0.2) is 0 Å². The molecule has 31 heavy (non-hydrogen) atoms. The van der Waals surface area contributed by atoms with Crippen molar-refractivity contribution in [2.45, 2.75) is 42.7 Å². The molecule has 2 unspecified atom stereocenters. The maximum atomic E-state index is 12.3. The number of nitrogens with zero attached hydrogens (tertiary/aromatic N) is 2. The summed E-state index contributed by atoms with van der Waals surface area (Å²) in [5.41, 5.74) is 11.3. The number of primary amides is 1. The Morgan fingerprint density at radius 2 is 2.00 bits per heavy atom. The molecule has 0 aliphatic heterocycles. The molecule has 2 atom stereocenters. The van der Waals surface area contributed by atoms with Crippen LogP contribution in [0.3, 0.4) is 0 Å². The van der Waals surface area contributed by atoms with Crippen LogP contribution in [0.15, 0.2) is 24.3 Å². The Morgan fingerprint density at radius 3 is 2.45 bits per heavy atom. The lowest BCUT2D eigenvalue weighted by molar-refractivity contribution is -0.385. The fourth-order valence-electron chi connectivity index (χ4n) is 2.84. The predicted octanol–water partition coefficient (Wildman–Crippen LogP) is 2.50. The van der Waals surface area contributed by atoms with Gasteiger partial charge in [0.1, 0.15) is 6.04 Å². The van der Waals surface area contributed by atoms with Gasteiger partial charge in [-0.1, -0.05) is 24.6 Å². The molecule has 0 bridgehead atoms. The van der Waals surface area contributed by atoms with Crippen molar-refractivity contribution < 1.29 is 14.5 Å². The summed E-state index contributed by atoms with van der Waals surface area (Å²) in [5.74, 6) is 0.974. The van der Waals surface area contributed by atoms with E-state index in [0.29, 0.717) is 28.9 Å². The summed E-state index contributed by atoms with van der Waals surface area (Å²) in [7, 11) is 1.60. The van der Waals surface area contributed by atoms with Crippen LogP contribution in [-0.2, 0) is 15.3 Å². The van der Waals surface area contributed by atoms with Gasteiger partial charge in [0.2, 0.25) is 11.8 Å². The Hall–Kier alpha value is -1.43. The van der Waals surface area contributed by atoms with E-state index in [1.54, 1.807) is 25.2 Å². The number of para-hydroxylation sites is 1. The van der Waals surface area contributed by atoms with Gasteiger partial charge in [0, 0.05) is 47.9 Å². The standard InChI is InChI=1S/C16H21N3O4S.C4H11NS2/c1-18(16(21)11-6-4-7-11)14(15(17)20)10-24-9-12-5-2-3-8-13(12)19(22)23;5-3-4(7)1-2-6/h2-3,5,8,11,14H,4,6-7,9-10H2,1H3,(H2,17,20);4,6-7H,1-3,5H2. The summed E-state index contributed by atoms with van der Waals surface area (Å²) in [6.07, 6.45) is 3.76. The lowest BCUT2D eigenvalue weighted by Crippen LogP contribution is -2.50. The topological polar surface area (TPSA) is 133 Å². The molecule has 8 nitrogen and oxygen atoms in total. The second kappa shape index (κ2) is 14.6. The highest BCUT2D eigenvalue weighted by Gasteiger charge is 2.33. The van der Waals surface area contributed by atoms with E-state index < -0.39 is 16.9 Å². The van der Waals surface area contributed by atoms with Crippen molar-refractivity contribution in [2.24, 2.45) is 17.4 Å². The number of nitro groups is 1. The smallest absolute Gasteiger partial charge is 0.273 e. The lowest BCUT2D eigenvalue weighted by atomic mass is 9.84. The van der Waals surface area contributed by atoms with Crippen LogP contribution in [0.1, 0.15) is 31.2 Å². The number of hydrogen-bond acceptors (Lipinski definition) is 8. The van der Waals surface area contributed by atoms with Crippen LogP contribution in [0.25, 0.3) is 0 Å². The van der Waals surface area contributed by atoms with Crippen LogP contribution in [-0.4, -0.2) is 58.0 Å². The Kier molecular flexibility index (Phi) is 13.0. The van der Waals surface area contributed by atoms with Crippen LogP contribution in [0.5, 0.6) is 0 Å². The molecule has 2 amide bonds. The van der Waals surface area contributed by atoms with E-state index in [1.165, 1.54) is 22.7 Å². The summed E-state index contributed by atoms with van der Waals surface area (Å²) in [5, 5.41) is 11.4. The first-order valence-corrected chi connectivity index (χ1v) is 12.4. The first-order chi connectivity index (χ1) is 14.7. The molecule has 1 aromatic rings. The summed E-state index contributed by atoms with van der Waals surface area (Å²) < 4.78 is 0. The van der Waals surface area contributed by atoms with Gasteiger partial charge in [0.05, 0.1) is 4.92 Å². The van der Waals surface area contributed by atoms with Gasteiger partial charge >= 0.3 is 0 Å². The van der Waals surface area contributed by atoms with Gasteiger partial charge in [-0.3, -0.25) is 19.7 Å². The lowest BCUT2D eigenvalue weighted by Gasteiger charge is -2.32. The SMILES string of the molecule is CN(C(=O)C1CCC1)C(CSCc1ccccc1[N+](=O)[O-])C(N)=O.NCC(S)CCS. The summed E-state index contributed by atoms with van der Waals surface area (Å²) in [6.45, 7) is 0.656. The highest BCUT2D eigenvalue weighted by molar-refractivity contribution is 7.98. The van der Waals surface area contributed by atoms with Crippen molar-refractivity contribution in [2.75, 3.05) is 25.1 Å². The quantitative estimate of drug-likeness (QED) is 0.215. The fraction of sp³-hybridized carbons (Fsp3) is 0.600. The van der Waals surface area contributed by atoms with Gasteiger partial charge in [-0.2, -0.15) is 37.0 Å². The average Bonchev–Trinajstić information content (AvgIpc) is 2.70. The normalized spacial score (nSPS) is 15.1. The zero-order valence-corrected chi connectivity index (χ0v) is 20.3. The molecule has 2 rings (SSSR count). The first kappa shape index (κ1) is 27.6. The number of amides is 2. The third kappa shape index (κ3) is 9.30. The van der Waals surface area contributed by atoms with E-state index in [0.717, 1.165) is 31.4 Å². The molecule has 0 aromatic heterocycles. The Bertz CT molecular complexity index is 734. The van der Waals surface area contributed by atoms with Crippen molar-refractivity contribution in [1.29, 1.82) is 0 Å². The summed E-state index contributed by atoms with van der Waals surface area (Å²) in [4.78, 5) is 36.0. The van der Waals surface area contributed by atoms with Crippen molar-refractivity contribution in [3.8, 4) is 0 Å². The van der Waals surface area contributed by atoms with Crippen molar-refractivity contribution >= 4 is 54.5 Å². The van der Waals surface area contributed by atoms with Gasteiger partial charge in [-0.25, -0.2) is 0 Å². The maximum absolute atomic E-state index is 12.3. The molecule has 1 fully saturated rings. The molecule has 4 N–H and O–H groups in total. The third-order valence-electron chi connectivity index (χ3n) is 5.05. The van der Waals surface area contributed by atoms with Crippen molar-refractivity contribution in [3.05, 3.63) is 39.9 Å². The number of benzene rings is 1. The van der Waals surface area contributed by atoms with E-state index in [4.69, 9.17) is 11.5 Å². The monoisotopic (exact) mass is 488 g/mol. The third-order valence-corrected chi connectivity index (χ3v) is 6.85. The second-order valence-corrected chi connectivity index (χ2v) is 9.51. The Labute approximate surface area is 198 Å². The minimum Gasteiger partial charge on any atom is -0.368 e. The van der Waals surface area contributed by atoms with E-state index in [9.17, 15) is 19.7 Å². The van der Waals surface area contributed by atoms with Crippen LogP contribution >= 0.6 is 37.0 Å². The van der Waals surface area contributed by atoms with E-state index >= 15 is 0 Å². The molecule has 1 aliphatic carbocycles. The zero-order valence-electron chi connectivity index (χ0n) is 17.7. The van der Waals surface area contributed by atoms with Gasteiger partial charge < -0.3 is 16.4 Å². The number of nitro benzene ring substituents is 1. The van der Waals surface area contributed by atoms with Gasteiger partial charge in [-0.15, -0.1) is 0 Å². The summed E-state index contributed by atoms with van der Waals surface area (Å²) >= 11 is 9.50. The van der Waals surface area contributed by atoms with Crippen molar-refractivity contribution in [1.82, 2.24) is 4.90 Å². The molecule has 0 spiro atoms. The predicted molar refractivity (Wildman–Crippen MR) is 133 cm³/mol.